The Kier molecular flexibility index (Phi) is 7.50. The van der Waals surface area contributed by atoms with Crippen molar-refractivity contribution in [3.05, 3.63) is 29.3 Å². The van der Waals surface area contributed by atoms with Gasteiger partial charge < -0.3 is 15.4 Å². The van der Waals surface area contributed by atoms with Crippen molar-refractivity contribution in [1.29, 1.82) is 0 Å². The lowest BCUT2D eigenvalue weighted by molar-refractivity contribution is -0.0504. The fourth-order valence-electron chi connectivity index (χ4n) is 1.79. The van der Waals surface area contributed by atoms with E-state index in [1.807, 2.05) is 19.9 Å². The van der Waals surface area contributed by atoms with Crippen molar-refractivity contribution in [2.24, 2.45) is 4.99 Å². The van der Waals surface area contributed by atoms with E-state index in [1.54, 1.807) is 12.1 Å². The van der Waals surface area contributed by atoms with E-state index in [0.29, 0.717) is 11.5 Å². The van der Waals surface area contributed by atoms with Crippen molar-refractivity contribution in [2.75, 3.05) is 13.1 Å². The van der Waals surface area contributed by atoms with Crippen LogP contribution in [0.15, 0.2) is 23.2 Å². The van der Waals surface area contributed by atoms with Gasteiger partial charge in [0.1, 0.15) is 5.75 Å². The average Bonchev–Trinajstić information content (AvgIpc) is 2.44. The van der Waals surface area contributed by atoms with Crippen LogP contribution in [0.4, 0.5) is 8.78 Å². The quantitative estimate of drug-likeness (QED) is 0.601. The fourth-order valence-corrected chi connectivity index (χ4v) is 1.79. The summed E-state index contributed by atoms with van der Waals surface area (Å²) in [6.45, 7) is 4.93. The number of aliphatic imine (C=N–C) groups is 1. The first-order valence-electron chi connectivity index (χ1n) is 7.13. The van der Waals surface area contributed by atoms with Crippen molar-refractivity contribution in [1.82, 2.24) is 10.6 Å². The molecule has 0 heterocycles. The van der Waals surface area contributed by atoms with E-state index in [2.05, 4.69) is 27.3 Å². The number of rotatable bonds is 7. The molecule has 21 heavy (non-hydrogen) atoms. The van der Waals surface area contributed by atoms with Crippen LogP contribution in [0.3, 0.4) is 0 Å². The summed E-state index contributed by atoms with van der Waals surface area (Å²) in [5.41, 5.74) is 1.62. The third-order valence-corrected chi connectivity index (χ3v) is 2.73. The predicted molar refractivity (Wildman–Crippen MR) is 80.9 cm³/mol. The van der Waals surface area contributed by atoms with Gasteiger partial charge in [0, 0.05) is 18.7 Å². The standard InChI is InChI=1S/C15H23F2N3O/c1-4-8-19-15(18-5-2)20-10-12-9-11(3)6-7-13(12)21-14(16)17/h6-7,9,14H,4-5,8,10H2,1-3H3,(H2,18,19,20). The highest BCUT2D eigenvalue weighted by molar-refractivity contribution is 5.79. The number of hydrogen-bond donors (Lipinski definition) is 2. The highest BCUT2D eigenvalue weighted by Gasteiger charge is 2.09. The van der Waals surface area contributed by atoms with Gasteiger partial charge in [0.05, 0.1) is 6.54 Å². The summed E-state index contributed by atoms with van der Waals surface area (Å²) in [6, 6.07) is 5.11. The molecule has 0 aliphatic heterocycles. The zero-order chi connectivity index (χ0) is 15.7. The zero-order valence-electron chi connectivity index (χ0n) is 12.7. The monoisotopic (exact) mass is 299 g/mol. The van der Waals surface area contributed by atoms with Crippen molar-refractivity contribution in [3.63, 3.8) is 0 Å². The maximum absolute atomic E-state index is 12.4. The summed E-state index contributed by atoms with van der Waals surface area (Å²) in [6.07, 6.45) is 0.981. The summed E-state index contributed by atoms with van der Waals surface area (Å²) in [5, 5.41) is 6.28. The van der Waals surface area contributed by atoms with Gasteiger partial charge in [-0.1, -0.05) is 24.6 Å². The van der Waals surface area contributed by atoms with E-state index in [1.165, 1.54) is 0 Å². The van der Waals surface area contributed by atoms with E-state index in [0.717, 1.165) is 25.1 Å². The molecule has 1 aromatic rings. The first-order valence-corrected chi connectivity index (χ1v) is 7.13. The normalized spacial score (nSPS) is 11.6. The highest BCUT2D eigenvalue weighted by Crippen LogP contribution is 2.22. The number of halogens is 2. The molecule has 0 fully saturated rings. The van der Waals surface area contributed by atoms with Crippen LogP contribution in [0.1, 0.15) is 31.4 Å². The topological polar surface area (TPSA) is 45.7 Å². The molecule has 0 amide bonds. The SMILES string of the molecule is CCCNC(=NCc1cc(C)ccc1OC(F)F)NCC. The van der Waals surface area contributed by atoms with Gasteiger partial charge in [-0.25, -0.2) is 4.99 Å². The second kappa shape index (κ2) is 9.15. The number of aryl methyl sites for hydroxylation is 1. The van der Waals surface area contributed by atoms with Crippen molar-refractivity contribution >= 4 is 5.96 Å². The lowest BCUT2D eigenvalue weighted by Gasteiger charge is -2.12. The molecular weight excluding hydrogens is 276 g/mol. The molecule has 0 unspecified atom stereocenters. The molecule has 0 atom stereocenters. The number of hydrogen-bond acceptors (Lipinski definition) is 2. The van der Waals surface area contributed by atoms with Crippen molar-refractivity contribution < 1.29 is 13.5 Å². The van der Waals surface area contributed by atoms with Crippen LogP contribution < -0.4 is 15.4 Å². The molecule has 118 valence electrons. The van der Waals surface area contributed by atoms with Crippen LogP contribution in [0.2, 0.25) is 0 Å². The summed E-state index contributed by atoms with van der Waals surface area (Å²) < 4.78 is 29.3. The maximum atomic E-state index is 12.4. The van der Waals surface area contributed by atoms with E-state index in [9.17, 15) is 8.78 Å². The van der Waals surface area contributed by atoms with Crippen LogP contribution in [-0.2, 0) is 6.54 Å². The molecule has 0 aliphatic carbocycles. The number of nitrogens with one attached hydrogen (secondary N) is 2. The Morgan fingerprint density at radius 2 is 2.05 bits per heavy atom. The second-order valence-electron chi connectivity index (χ2n) is 4.61. The number of benzene rings is 1. The van der Waals surface area contributed by atoms with Gasteiger partial charge in [0.25, 0.3) is 0 Å². The second-order valence-corrected chi connectivity index (χ2v) is 4.61. The minimum absolute atomic E-state index is 0.172. The zero-order valence-corrected chi connectivity index (χ0v) is 12.7. The first kappa shape index (κ1) is 17.2. The maximum Gasteiger partial charge on any atom is 0.387 e. The molecule has 0 aliphatic rings. The van der Waals surface area contributed by atoms with Gasteiger partial charge in [-0.2, -0.15) is 8.78 Å². The van der Waals surface area contributed by atoms with Crippen LogP contribution in [0, 0.1) is 6.92 Å². The molecule has 1 rings (SSSR count). The van der Waals surface area contributed by atoms with Crippen LogP contribution >= 0.6 is 0 Å². The number of guanidine groups is 1. The number of alkyl halides is 2. The fraction of sp³-hybridized carbons (Fsp3) is 0.533. The largest absolute Gasteiger partial charge is 0.434 e. The van der Waals surface area contributed by atoms with Gasteiger partial charge in [-0.05, 0) is 26.3 Å². The predicted octanol–water partition coefficient (Wildman–Crippen LogP) is 3.06. The highest BCUT2D eigenvalue weighted by atomic mass is 19.3. The van der Waals surface area contributed by atoms with E-state index < -0.39 is 6.61 Å². The summed E-state index contributed by atoms with van der Waals surface area (Å²) >= 11 is 0. The van der Waals surface area contributed by atoms with Crippen LogP contribution in [0.25, 0.3) is 0 Å². The van der Waals surface area contributed by atoms with E-state index in [4.69, 9.17) is 0 Å². The van der Waals surface area contributed by atoms with Gasteiger partial charge in [-0.15, -0.1) is 0 Å². The Labute approximate surface area is 124 Å². The third-order valence-electron chi connectivity index (χ3n) is 2.73. The Hall–Kier alpha value is -1.85. The summed E-state index contributed by atoms with van der Waals surface area (Å²) in [7, 11) is 0. The molecule has 0 saturated heterocycles. The van der Waals surface area contributed by atoms with E-state index >= 15 is 0 Å². The van der Waals surface area contributed by atoms with Crippen LogP contribution in [0.5, 0.6) is 5.75 Å². The molecular formula is C15H23F2N3O. The minimum atomic E-state index is -2.83. The molecule has 0 spiro atoms. The van der Waals surface area contributed by atoms with Crippen LogP contribution in [-0.4, -0.2) is 25.7 Å². The minimum Gasteiger partial charge on any atom is -0.434 e. The molecule has 2 N–H and O–H groups in total. The Morgan fingerprint density at radius 3 is 2.67 bits per heavy atom. The third kappa shape index (κ3) is 6.42. The molecule has 1 aromatic carbocycles. The lowest BCUT2D eigenvalue weighted by atomic mass is 10.1. The van der Waals surface area contributed by atoms with Crippen molar-refractivity contribution in [3.8, 4) is 5.75 Å². The number of ether oxygens (including phenoxy) is 1. The molecule has 0 aromatic heterocycles. The molecule has 0 bridgehead atoms. The van der Waals surface area contributed by atoms with Gasteiger partial charge in [0.15, 0.2) is 5.96 Å². The van der Waals surface area contributed by atoms with Gasteiger partial charge in [-0.3, -0.25) is 0 Å². The Balaban J connectivity index is 2.85. The smallest absolute Gasteiger partial charge is 0.387 e. The molecule has 6 heteroatoms. The van der Waals surface area contributed by atoms with Gasteiger partial charge in [0.2, 0.25) is 0 Å². The van der Waals surface area contributed by atoms with E-state index in [-0.39, 0.29) is 12.3 Å². The molecule has 4 nitrogen and oxygen atoms in total. The number of nitrogens with zero attached hydrogens (tertiary/aromatic N) is 1. The lowest BCUT2D eigenvalue weighted by Crippen LogP contribution is -2.37. The summed E-state index contributed by atoms with van der Waals surface area (Å²) in [5.74, 6) is 0.842. The Bertz CT molecular complexity index is 464. The summed E-state index contributed by atoms with van der Waals surface area (Å²) in [4.78, 5) is 4.40. The molecule has 0 radical (unpaired) electrons. The van der Waals surface area contributed by atoms with Gasteiger partial charge >= 0.3 is 6.61 Å². The average molecular weight is 299 g/mol. The molecule has 0 saturated carbocycles. The Morgan fingerprint density at radius 1 is 1.29 bits per heavy atom. The first-order chi connectivity index (χ1) is 10.1. The van der Waals surface area contributed by atoms with Crippen molar-refractivity contribution in [2.45, 2.75) is 40.3 Å².